The van der Waals surface area contributed by atoms with Crippen molar-refractivity contribution in [2.45, 2.75) is 18.4 Å². The van der Waals surface area contributed by atoms with E-state index < -0.39 is 15.8 Å². The maximum atomic E-state index is 14.4. The summed E-state index contributed by atoms with van der Waals surface area (Å²) in [5.41, 5.74) is 0.312. The van der Waals surface area contributed by atoms with Crippen LogP contribution in [0.5, 0.6) is 0 Å². The predicted molar refractivity (Wildman–Crippen MR) is 81.5 cm³/mol. The molecule has 7 heteroatoms. The van der Waals surface area contributed by atoms with Crippen LogP contribution in [0.3, 0.4) is 0 Å². The first-order chi connectivity index (χ1) is 9.34. The van der Waals surface area contributed by atoms with Gasteiger partial charge in [0.1, 0.15) is 10.7 Å². The summed E-state index contributed by atoms with van der Waals surface area (Å²) in [4.78, 5) is -0.330. The van der Waals surface area contributed by atoms with Crippen molar-refractivity contribution in [3.05, 3.63) is 40.6 Å². The van der Waals surface area contributed by atoms with Crippen molar-refractivity contribution >= 4 is 26.0 Å². The Kier molecular flexibility index (Phi) is 6.32. The fourth-order valence-electron chi connectivity index (χ4n) is 1.64. The van der Waals surface area contributed by atoms with Crippen molar-refractivity contribution in [1.29, 1.82) is 0 Å². The number of likely N-dealkylation sites (N-methyl/N-ethyl adjacent to an activating group) is 1. The molecule has 0 aromatic heterocycles. The van der Waals surface area contributed by atoms with Gasteiger partial charge in [-0.25, -0.2) is 12.8 Å². The van der Waals surface area contributed by atoms with Gasteiger partial charge in [-0.1, -0.05) is 28.9 Å². The smallest absolute Gasteiger partial charge is 0.246 e. The summed E-state index contributed by atoms with van der Waals surface area (Å²) in [6.45, 7) is 6.45. The fourth-order valence-corrected chi connectivity index (χ4v) is 3.57. The summed E-state index contributed by atoms with van der Waals surface area (Å²) in [5, 5.41) is 2.98. The first kappa shape index (κ1) is 17.3. The van der Waals surface area contributed by atoms with E-state index in [0.717, 1.165) is 4.31 Å². The first-order valence-electron chi connectivity index (χ1n) is 6.10. The van der Waals surface area contributed by atoms with E-state index in [9.17, 15) is 12.8 Å². The molecule has 0 amide bonds. The molecule has 0 radical (unpaired) electrons. The molecule has 0 aliphatic carbocycles. The lowest BCUT2D eigenvalue weighted by Crippen LogP contribution is -2.28. The van der Waals surface area contributed by atoms with Gasteiger partial charge >= 0.3 is 0 Å². The van der Waals surface area contributed by atoms with E-state index in [1.807, 2.05) is 6.92 Å². The summed E-state index contributed by atoms with van der Waals surface area (Å²) in [5.74, 6) is -0.718. The van der Waals surface area contributed by atoms with Crippen LogP contribution in [-0.4, -0.2) is 32.9 Å². The highest BCUT2D eigenvalue weighted by molar-refractivity contribution is 9.10. The SMILES string of the molecule is C=CCN(C)S(=O)(=O)c1cc(Br)cc(CNCC)c1F. The van der Waals surface area contributed by atoms with E-state index in [0.29, 0.717) is 16.6 Å². The number of sulfonamides is 1. The Morgan fingerprint density at radius 3 is 2.70 bits per heavy atom. The molecule has 0 bridgehead atoms. The zero-order valence-corrected chi connectivity index (χ0v) is 13.9. The Balaban J connectivity index is 3.30. The van der Waals surface area contributed by atoms with Crippen molar-refractivity contribution in [2.24, 2.45) is 0 Å². The van der Waals surface area contributed by atoms with Crippen molar-refractivity contribution in [2.75, 3.05) is 20.1 Å². The summed E-state index contributed by atoms with van der Waals surface area (Å²) >= 11 is 3.22. The molecule has 112 valence electrons. The summed E-state index contributed by atoms with van der Waals surface area (Å²) in [6.07, 6.45) is 1.45. The third-order valence-electron chi connectivity index (χ3n) is 2.72. The van der Waals surface area contributed by atoms with Crippen molar-refractivity contribution in [3.63, 3.8) is 0 Å². The minimum Gasteiger partial charge on any atom is -0.313 e. The third-order valence-corrected chi connectivity index (χ3v) is 5.00. The minimum absolute atomic E-state index is 0.122. The molecular formula is C13H18BrFN2O2S. The quantitative estimate of drug-likeness (QED) is 0.756. The van der Waals surface area contributed by atoms with E-state index >= 15 is 0 Å². The van der Waals surface area contributed by atoms with Gasteiger partial charge in [0.2, 0.25) is 10.0 Å². The molecule has 1 aromatic carbocycles. The standard InChI is InChI=1S/C13H18BrFN2O2S/c1-4-6-17(3)20(18,19)12-8-11(14)7-10(13(12)15)9-16-5-2/h4,7-8,16H,1,5-6,9H2,2-3H3. The van der Waals surface area contributed by atoms with Gasteiger partial charge in [-0.2, -0.15) is 4.31 Å². The van der Waals surface area contributed by atoms with E-state index in [2.05, 4.69) is 27.8 Å². The average molecular weight is 365 g/mol. The summed E-state index contributed by atoms with van der Waals surface area (Å²) in [6, 6.07) is 2.85. The second-order valence-corrected chi connectivity index (χ2v) is 7.16. The molecule has 1 rings (SSSR count). The molecule has 0 spiro atoms. The number of nitrogens with zero attached hydrogens (tertiary/aromatic N) is 1. The van der Waals surface area contributed by atoms with Gasteiger partial charge in [0.25, 0.3) is 0 Å². The van der Waals surface area contributed by atoms with Gasteiger partial charge in [-0.15, -0.1) is 6.58 Å². The van der Waals surface area contributed by atoms with Crippen LogP contribution in [0.1, 0.15) is 12.5 Å². The van der Waals surface area contributed by atoms with Gasteiger partial charge in [0, 0.05) is 30.2 Å². The fraction of sp³-hybridized carbons (Fsp3) is 0.385. The Hall–Kier alpha value is -0.760. The van der Waals surface area contributed by atoms with Crippen molar-refractivity contribution in [3.8, 4) is 0 Å². The lowest BCUT2D eigenvalue weighted by Gasteiger charge is -2.17. The molecule has 0 aliphatic rings. The van der Waals surface area contributed by atoms with Crippen LogP contribution >= 0.6 is 15.9 Å². The van der Waals surface area contributed by atoms with Gasteiger partial charge in [-0.05, 0) is 18.7 Å². The number of nitrogens with one attached hydrogen (secondary N) is 1. The Morgan fingerprint density at radius 2 is 2.15 bits per heavy atom. The van der Waals surface area contributed by atoms with E-state index in [-0.39, 0.29) is 18.0 Å². The van der Waals surface area contributed by atoms with Crippen molar-refractivity contribution < 1.29 is 12.8 Å². The number of benzene rings is 1. The monoisotopic (exact) mass is 364 g/mol. The van der Waals surface area contributed by atoms with Gasteiger partial charge in [0.15, 0.2) is 0 Å². The lowest BCUT2D eigenvalue weighted by atomic mass is 10.2. The van der Waals surface area contributed by atoms with Crippen LogP contribution in [0.15, 0.2) is 34.2 Å². The largest absolute Gasteiger partial charge is 0.313 e. The van der Waals surface area contributed by atoms with Gasteiger partial charge in [0.05, 0.1) is 0 Å². The number of hydrogen-bond acceptors (Lipinski definition) is 3. The number of hydrogen-bond donors (Lipinski definition) is 1. The lowest BCUT2D eigenvalue weighted by molar-refractivity contribution is 0.486. The van der Waals surface area contributed by atoms with Crippen LogP contribution in [0.4, 0.5) is 4.39 Å². The van der Waals surface area contributed by atoms with Crippen molar-refractivity contribution in [1.82, 2.24) is 9.62 Å². The zero-order chi connectivity index (χ0) is 15.3. The third kappa shape index (κ3) is 3.88. The molecule has 0 unspecified atom stereocenters. The second-order valence-electron chi connectivity index (χ2n) is 4.23. The molecule has 1 aromatic rings. The topological polar surface area (TPSA) is 49.4 Å². The van der Waals surface area contributed by atoms with Gasteiger partial charge < -0.3 is 5.32 Å². The Labute approximate surface area is 127 Å². The van der Waals surface area contributed by atoms with E-state index in [1.54, 1.807) is 6.07 Å². The molecule has 0 aliphatic heterocycles. The van der Waals surface area contributed by atoms with E-state index in [1.165, 1.54) is 19.2 Å². The van der Waals surface area contributed by atoms with Crippen LogP contribution < -0.4 is 5.32 Å². The molecule has 0 fully saturated rings. The Morgan fingerprint density at radius 1 is 1.50 bits per heavy atom. The highest BCUT2D eigenvalue weighted by Crippen LogP contribution is 2.26. The summed E-state index contributed by atoms with van der Waals surface area (Å²) < 4.78 is 40.6. The number of halogens is 2. The molecule has 4 nitrogen and oxygen atoms in total. The predicted octanol–water partition coefficient (Wildman–Crippen LogP) is 2.50. The highest BCUT2D eigenvalue weighted by atomic mass is 79.9. The zero-order valence-electron chi connectivity index (χ0n) is 11.5. The minimum atomic E-state index is -3.87. The molecule has 0 heterocycles. The van der Waals surface area contributed by atoms with Crippen LogP contribution in [0, 0.1) is 5.82 Å². The molecule has 0 atom stereocenters. The molecule has 20 heavy (non-hydrogen) atoms. The van der Waals surface area contributed by atoms with Crippen LogP contribution in [-0.2, 0) is 16.6 Å². The number of rotatable bonds is 7. The average Bonchev–Trinajstić information content (AvgIpc) is 2.39. The second kappa shape index (κ2) is 7.31. The van der Waals surface area contributed by atoms with Crippen LogP contribution in [0.2, 0.25) is 0 Å². The van der Waals surface area contributed by atoms with Crippen LogP contribution in [0.25, 0.3) is 0 Å². The Bertz CT molecular complexity index is 590. The van der Waals surface area contributed by atoms with Gasteiger partial charge in [-0.3, -0.25) is 0 Å². The maximum Gasteiger partial charge on any atom is 0.246 e. The maximum absolute atomic E-state index is 14.4. The highest BCUT2D eigenvalue weighted by Gasteiger charge is 2.25. The molecule has 1 N–H and O–H groups in total. The molecule has 0 saturated heterocycles. The molecular weight excluding hydrogens is 347 g/mol. The summed E-state index contributed by atoms with van der Waals surface area (Å²) in [7, 11) is -2.48. The normalized spacial score (nSPS) is 11.8. The first-order valence-corrected chi connectivity index (χ1v) is 8.33. The molecule has 0 saturated carbocycles. The van der Waals surface area contributed by atoms with E-state index in [4.69, 9.17) is 0 Å².